The number of hydrogen-bond donors (Lipinski definition) is 4. The third kappa shape index (κ3) is 9.11. The van der Waals surface area contributed by atoms with Crippen LogP contribution in [0.5, 0.6) is 11.8 Å². The second kappa shape index (κ2) is 18.4. The van der Waals surface area contributed by atoms with Crippen molar-refractivity contribution in [3.8, 4) is 23.0 Å². The minimum Gasteiger partial charge on any atom is -0.508 e. The van der Waals surface area contributed by atoms with E-state index in [1.165, 1.54) is 37.8 Å². The summed E-state index contributed by atoms with van der Waals surface area (Å²) in [7, 11) is 0. The Labute approximate surface area is 411 Å². The van der Waals surface area contributed by atoms with Crippen molar-refractivity contribution in [3.05, 3.63) is 71.7 Å². The normalized spacial score (nSPS) is 24.4. The number of rotatable bonds is 13. The average molecular weight is 973 g/mol. The molecule has 4 N–H and O–H groups in total. The fourth-order valence-electron chi connectivity index (χ4n) is 13.0. The Bertz CT molecular complexity index is 2860. The summed E-state index contributed by atoms with van der Waals surface area (Å²) in [6.45, 7) is 11.2. The third-order valence-electron chi connectivity index (χ3n) is 17.1. The molecule has 5 saturated heterocycles. The van der Waals surface area contributed by atoms with Crippen LogP contribution in [0.15, 0.2) is 48.7 Å². The van der Waals surface area contributed by atoms with E-state index >= 15 is 13.2 Å². The van der Waals surface area contributed by atoms with Gasteiger partial charge in [0.2, 0.25) is 11.8 Å². The maximum Gasteiger partial charge on any atom is 0.319 e. The third-order valence-corrected chi connectivity index (χ3v) is 17.1. The van der Waals surface area contributed by atoms with Crippen LogP contribution < -0.4 is 30.5 Å². The predicted molar refractivity (Wildman–Crippen MR) is 266 cm³/mol. The van der Waals surface area contributed by atoms with E-state index in [-0.39, 0.29) is 52.8 Å². The summed E-state index contributed by atoms with van der Waals surface area (Å²) >= 11 is 0. The lowest BCUT2D eigenvalue weighted by atomic mass is 9.57. The van der Waals surface area contributed by atoms with Crippen LogP contribution in [0.2, 0.25) is 0 Å². The van der Waals surface area contributed by atoms with Crippen LogP contribution >= 0.6 is 0 Å². The van der Waals surface area contributed by atoms with Crippen molar-refractivity contribution >= 4 is 50.7 Å². The number of aryl methyl sites for hydroxylation is 1. The second-order valence-corrected chi connectivity index (χ2v) is 22.0. The number of imide groups is 1. The molecular formula is C54H63F3N10O4. The van der Waals surface area contributed by atoms with Gasteiger partial charge in [-0.15, -0.1) is 0 Å². The predicted octanol–water partition coefficient (Wildman–Crippen LogP) is 7.16. The quantitative estimate of drug-likeness (QED) is 0.0885. The van der Waals surface area contributed by atoms with Crippen LogP contribution in [0.4, 0.5) is 30.4 Å². The summed E-state index contributed by atoms with van der Waals surface area (Å²) in [5.41, 5.74) is 2.46. The van der Waals surface area contributed by atoms with Crippen LogP contribution in [0.1, 0.15) is 76.7 Å². The second-order valence-electron chi connectivity index (χ2n) is 22.0. The topological polar surface area (TPSA) is 151 Å². The summed E-state index contributed by atoms with van der Waals surface area (Å²) < 4.78 is 54.1. The largest absolute Gasteiger partial charge is 0.508 e. The number of aromatic nitrogens is 3. The van der Waals surface area contributed by atoms with Gasteiger partial charge >= 0.3 is 6.01 Å². The lowest BCUT2D eigenvalue weighted by Crippen LogP contribution is -2.53. The summed E-state index contributed by atoms with van der Waals surface area (Å²) in [6, 6.07) is 11.9. The van der Waals surface area contributed by atoms with Gasteiger partial charge in [-0.1, -0.05) is 25.1 Å². The molecule has 14 nitrogen and oxygen atoms in total. The van der Waals surface area contributed by atoms with Gasteiger partial charge in [0, 0.05) is 93.7 Å². The van der Waals surface area contributed by atoms with E-state index in [2.05, 4.69) is 37.6 Å². The molecule has 0 radical (unpaired) electrons. The van der Waals surface area contributed by atoms with Gasteiger partial charge in [0.25, 0.3) is 0 Å². The molecule has 2 amide bonds. The number of nitrogens with one attached hydrogen (secondary N) is 3. The summed E-state index contributed by atoms with van der Waals surface area (Å²) in [5.74, 6) is -1.65. The molecule has 17 heteroatoms. The summed E-state index contributed by atoms with van der Waals surface area (Å²) in [6.07, 6.45) is 11.9. The lowest BCUT2D eigenvalue weighted by molar-refractivity contribution is -0.133. The molecule has 2 aromatic heterocycles. The Kier molecular flexibility index (Phi) is 12.0. The zero-order chi connectivity index (χ0) is 48.6. The number of piperazine rings is 2. The average Bonchev–Trinajstić information content (AvgIpc) is 4.04. The van der Waals surface area contributed by atoms with E-state index < -0.39 is 29.4 Å². The molecule has 3 unspecified atom stereocenters. The molecule has 2 saturated carbocycles. The number of halogens is 3. The van der Waals surface area contributed by atoms with Crippen LogP contribution in [-0.2, 0) is 16.0 Å². The summed E-state index contributed by atoms with van der Waals surface area (Å²) in [4.78, 5) is 47.6. The number of anilines is 3. The van der Waals surface area contributed by atoms with Gasteiger partial charge in [0.05, 0.1) is 12.0 Å². The number of likely N-dealkylation sites (tertiary alicyclic amines) is 1. The standard InChI is InChI=1S/C54H63F3N10O4/c1-2-33-4-3-5-34-20-38(68)23-39(45(33)34)47-46(57)48-40(26-58-47)50(67-28-35-6-7-36(29-67)59-35)63-52(62-48)71-31-54(10-11-54)30-65-14-12-53(13-15-65)24-32(25-53)27-64-16-18-66(19-17-64)37-21-41(55)49(42(56)22-37)60-43-8-9-44(69)61-51(43)70/h3-5,20-23,26,32,35-36,43,59-60,68H,2,6-19,24-25,27-31H2,1H3,(H,61,69,70). The first-order valence-corrected chi connectivity index (χ1v) is 25.9. The van der Waals surface area contributed by atoms with E-state index in [0.29, 0.717) is 65.6 Å². The number of phenols is 1. The number of piperidine rings is 2. The fraction of sp³-hybridized carbons (Fsp3) is 0.537. The molecule has 3 atom stereocenters. The Morgan fingerprint density at radius 2 is 1.62 bits per heavy atom. The van der Waals surface area contributed by atoms with E-state index in [9.17, 15) is 14.7 Å². The fourth-order valence-corrected chi connectivity index (χ4v) is 13.0. The number of carbonyl (C=O) groups excluding carboxylic acids is 2. The molecule has 2 aliphatic carbocycles. The molecule has 7 aliphatic rings. The number of benzene rings is 3. The molecular weight excluding hydrogens is 910 g/mol. The first-order valence-electron chi connectivity index (χ1n) is 25.9. The van der Waals surface area contributed by atoms with Crippen molar-refractivity contribution in [1.82, 2.24) is 35.4 Å². The van der Waals surface area contributed by atoms with Gasteiger partial charge in [-0.05, 0) is 129 Å². The minimum atomic E-state index is -0.866. The van der Waals surface area contributed by atoms with Crippen molar-refractivity contribution in [2.24, 2.45) is 16.7 Å². The van der Waals surface area contributed by atoms with E-state index in [4.69, 9.17) is 19.7 Å². The van der Waals surface area contributed by atoms with Gasteiger partial charge in [-0.3, -0.25) is 24.8 Å². The van der Waals surface area contributed by atoms with Crippen molar-refractivity contribution in [2.45, 2.75) is 95.7 Å². The van der Waals surface area contributed by atoms with Crippen molar-refractivity contribution in [1.29, 1.82) is 0 Å². The van der Waals surface area contributed by atoms with Crippen LogP contribution in [-0.4, -0.2) is 132 Å². The maximum atomic E-state index is 17.2. The zero-order valence-electron chi connectivity index (χ0n) is 40.4. The van der Waals surface area contributed by atoms with E-state index in [1.54, 1.807) is 18.3 Å². The van der Waals surface area contributed by atoms with Gasteiger partial charge in [-0.25, -0.2) is 13.2 Å². The highest BCUT2D eigenvalue weighted by atomic mass is 19.1. The lowest BCUT2D eigenvalue weighted by Gasteiger charge is -2.54. The highest BCUT2D eigenvalue weighted by Gasteiger charge is 2.50. The van der Waals surface area contributed by atoms with Crippen LogP contribution in [0, 0.1) is 34.2 Å². The monoisotopic (exact) mass is 972 g/mol. The van der Waals surface area contributed by atoms with E-state index in [1.807, 2.05) is 23.1 Å². The molecule has 7 fully saturated rings. The Morgan fingerprint density at radius 3 is 2.32 bits per heavy atom. The van der Waals surface area contributed by atoms with Gasteiger partial charge < -0.3 is 35.2 Å². The number of hydrogen-bond acceptors (Lipinski definition) is 13. The number of pyridine rings is 1. The number of carbonyl (C=O) groups is 2. The molecule has 1 spiro atoms. The molecule has 5 aliphatic heterocycles. The molecule has 2 bridgehead atoms. The Balaban J connectivity index is 0.659. The smallest absolute Gasteiger partial charge is 0.319 e. The molecule has 3 aromatic carbocycles. The number of ether oxygens (including phenoxy) is 1. The van der Waals surface area contributed by atoms with Gasteiger partial charge in [0.1, 0.15) is 34.5 Å². The number of phenolic OH excluding ortho intramolecular Hbond substituents is 1. The first-order chi connectivity index (χ1) is 34.4. The van der Waals surface area contributed by atoms with E-state index in [0.717, 1.165) is 101 Å². The van der Waals surface area contributed by atoms with Crippen molar-refractivity contribution < 1.29 is 32.6 Å². The van der Waals surface area contributed by atoms with Gasteiger partial charge in [-0.2, -0.15) is 9.97 Å². The van der Waals surface area contributed by atoms with Crippen molar-refractivity contribution in [3.63, 3.8) is 0 Å². The number of amides is 2. The van der Waals surface area contributed by atoms with Gasteiger partial charge in [0.15, 0.2) is 17.5 Å². The summed E-state index contributed by atoms with van der Waals surface area (Å²) in [5, 5.41) is 21.6. The highest BCUT2D eigenvalue weighted by Crippen LogP contribution is 2.54. The Morgan fingerprint density at radius 1 is 0.873 bits per heavy atom. The molecule has 7 heterocycles. The molecule has 71 heavy (non-hydrogen) atoms. The first kappa shape index (κ1) is 46.3. The number of nitrogens with zero attached hydrogens (tertiary/aromatic N) is 7. The zero-order valence-corrected chi connectivity index (χ0v) is 40.4. The number of aromatic hydroxyl groups is 1. The molecule has 5 aromatic rings. The van der Waals surface area contributed by atoms with Crippen LogP contribution in [0.3, 0.4) is 0 Å². The van der Waals surface area contributed by atoms with Crippen LogP contribution in [0.25, 0.3) is 32.9 Å². The Hall–Kier alpha value is -5.78. The van der Waals surface area contributed by atoms with Crippen molar-refractivity contribution in [2.75, 3.05) is 87.2 Å². The SMILES string of the molecule is CCc1cccc2cc(O)cc(-c3ncc4c(N5CC6CCC(C5)N6)nc(OCC5(CN6CCC7(CC6)CC(CN6CCN(c8cc(F)c(NC9CCC(=O)NC9=O)c(F)c8)CC6)C7)CC5)nc4c3F)c12. The molecule has 12 rings (SSSR count). The highest BCUT2D eigenvalue weighted by molar-refractivity contribution is 6.02. The maximum absolute atomic E-state index is 17.2. The molecule has 374 valence electrons. The minimum absolute atomic E-state index is 0.00661. The number of fused-ring (bicyclic) bond motifs is 4.